The predicted octanol–water partition coefficient (Wildman–Crippen LogP) is 1.83. The van der Waals surface area contributed by atoms with Crippen LogP contribution in [-0.2, 0) is 20.7 Å². The summed E-state index contributed by atoms with van der Waals surface area (Å²) in [6.45, 7) is 4.37. The summed E-state index contributed by atoms with van der Waals surface area (Å²) in [4.78, 5) is 26.9. The van der Waals surface area contributed by atoms with Crippen molar-refractivity contribution in [2.75, 3.05) is 31.6 Å². The monoisotopic (exact) mass is 302 g/mol. The predicted molar refractivity (Wildman–Crippen MR) is 83.5 cm³/mol. The highest BCUT2D eigenvalue weighted by atomic mass is 16.5. The van der Waals surface area contributed by atoms with Crippen molar-refractivity contribution >= 4 is 17.5 Å². The molecule has 1 aromatic carbocycles. The first-order valence-electron chi connectivity index (χ1n) is 7.93. The van der Waals surface area contributed by atoms with Gasteiger partial charge in [-0.15, -0.1) is 0 Å². The average Bonchev–Trinajstić information content (AvgIpc) is 3.37. The summed E-state index contributed by atoms with van der Waals surface area (Å²) in [6.07, 6.45) is 2.25. The minimum absolute atomic E-state index is 0.0431. The quantitative estimate of drug-likeness (QED) is 0.863. The molecule has 0 aromatic heterocycles. The number of morpholine rings is 1. The van der Waals surface area contributed by atoms with Crippen molar-refractivity contribution in [2.24, 2.45) is 5.41 Å². The molecule has 0 spiro atoms. The molecule has 1 aliphatic heterocycles. The number of benzene rings is 1. The van der Waals surface area contributed by atoms with E-state index in [-0.39, 0.29) is 11.8 Å². The fourth-order valence-corrected chi connectivity index (χ4v) is 2.81. The lowest BCUT2D eigenvalue weighted by Gasteiger charge is -2.30. The Bertz CT molecular complexity index is 558. The van der Waals surface area contributed by atoms with Gasteiger partial charge in [-0.1, -0.05) is 19.1 Å². The summed E-state index contributed by atoms with van der Waals surface area (Å²) in [5.41, 5.74) is 1.13. The highest BCUT2D eigenvalue weighted by Crippen LogP contribution is 2.48. The molecular formula is C17H22N2O3. The van der Waals surface area contributed by atoms with Gasteiger partial charge in [-0.05, 0) is 37.0 Å². The molecule has 1 aliphatic carbocycles. The van der Waals surface area contributed by atoms with Gasteiger partial charge in [0.1, 0.15) is 5.41 Å². The van der Waals surface area contributed by atoms with Crippen LogP contribution in [0.25, 0.3) is 0 Å². The summed E-state index contributed by atoms with van der Waals surface area (Å²) in [7, 11) is 0. The first-order chi connectivity index (χ1) is 10.7. The van der Waals surface area contributed by atoms with Crippen molar-refractivity contribution in [2.45, 2.75) is 26.2 Å². The smallest absolute Gasteiger partial charge is 0.240 e. The fraction of sp³-hybridized carbons (Fsp3) is 0.529. The van der Waals surface area contributed by atoms with Crippen LogP contribution in [0.4, 0.5) is 5.69 Å². The molecule has 1 saturated heterocycles. The Morgan fingerprint density at radius 3 is 2.36 bits per heavy atom. The van der Waals surface area contributed by atoms with Crippen LogP contribution < -0.4 is 5.32 Å². The zero-order chi connectivity index (χ0) is 15.6. The zero-order valence-corrected chi connectivity index (χ0v) is 12.9. The normalized spacial score (nSPS) is 19.6. The van der Waals surface area contributed by atoms with Crippen molar-refractivity contribution in [3.05, 3.63) is 29.8 Å². The maximum absolute atomic E-state index is 12.6. The molecule has 5 heteroatoms. The number of carbonyl (C=O) groups is 2. The third-order valence-electron chi connectivity index (χ3n) is 4.51. The van der Waals surface area contributed by atoms with Crippen LogP contribution in [0, 0.1) is 5.41 Å². The molecule has 1 saturated carbocycles. The van der Waals surface area contributed by atoms with E-state index in [1.54, 1.807) is 4.90 Å². The summed E-state index contributed by atoms with van der Waals surface area (Å²) in [6, 6.07) is 7.79. The Kier molecular flexibility index (Phi) is 4.16. The molecular weight excluding hydrogens is 280 g/mol. The molecule has 118 valence electrons. The lowest BCUT2D eigenvalue weighted by atomic mass is 10.0. The van der Waals surface area contributed by atoms with Gasteiger partial charge in [-0.3, -0.25) is 9.59 Å². The maximum Gasteiger partial charge on any atom is 0.240 e. The van der Waals surface area contributed by atoms with E-state index >= 15 is 0 Å². The van der Waals surface area contributed by atoms with Crippen LogP contribution in [0.3, 0.4) is 0 Å². The second-order valence-corrected chi connectivity index (χ2v) is 5.99. The number of ether oxygens (including phenoxy) is 1. The SMILES string of the molecule is CCc1ccc(NC(=O)C2(C(=O)N3CCOCC3)CC2)cc1. The molecule has 1 heterocycles. The Balaban J connectivity index is 1.66. The topological polar surface area (TPSA) is 58.6 Å². The number of hydrogen-bond donors (Lipinski definition) is 1. The van der Waals surface area contributed by atoms with Crippen LogP contribution in [-0.4, -0.2) is 43.0 Å². The van der Waals surface area contributed by atoms with Crippen LogP contribution in [0.1, 0.15) is 25.3 Å². The Hall–Kier alpha value is -1.88. The van der Waals surface area contributed by atoms with Crippen molar-refractivity contribution in [1.29, 1.82) is 0 Å². The van der Waals surface area contributed by atoms with E-state index < -0.39 is 5.41 Å². The van der Waals surface area contributed by atoms with Gasteiger partial charge in [-0.2, -0.15) is 0 Å². The van der Waals surface area contributed by atoms with Gasteiger partial charge >= 0.3 is 0 Å². The number of rotatable bonds is 4. The van der Waals surface area contributed by atoms with Crippen LogP contribution in [0.2, 0.25) is 0 Å². The van der Waals surface area contributed by atoms with Crippen molar-refractivity contribution in [1.82, 2.24) is 4.90 Å². The minimum atomic E-state index is -0.846. The van der Waals surface area contributed by atoms with E-state index in [4.69, 9.17) is 4.74 Å². The Labute approximate surface area is 130 Å². The van der Waals surface area contributed by atoms with Crippen LogP contribution in [0.5, 0.6) is 0 Å². The molecule has 1 aromatic rings. The van der Waals surface area contributed by atoms with Gasteiger partial charge in [0.25, 0.3) is 0 Å². The second kappa shape index (κ2) is 6.08. The molecule has 22 heavy (non-hydrogen) atoms. The highest BCUT2D eigenvalue weighted by molar-refractivity contribution is 6.13. The summed E-state index contributed by atoms with van der Waals surface area (Å²) in [5, 5.41) is 2.90. The van der Waals surface area contributed by atoms with Crippen molar-refractivity contribution < 1.29 is 14.3 Å². The molecule has 2 amide bonds. The van der Waals surface area contributed by atoms with Gasteiger partial charge in [-0.25, -0.2) is 0 Å². The van der Waals surface area contributed by atoms with Crippen LogP contribution in [0.15, 0.2) is 24.3 Å². The number of hydrogen-bond acceptors (Lipinski definition) is 3. The number of amides is 2. The molecule has 0 bridgehead atoms. The molecule has 5 nitrogen and oxygen atoms in total. The molecule has 2 aliphatic rings. The third-order valence-corrected chi connectivity index (χ3v) is 4.51. The van der Waals surface area contributed by atoms with E-state index in [0.29, 0.717) is 39.1 Å². The molecule has 3 rings (SSSR count). The van der Waals surface area contributed by atoms with E-state index in [9.17, 15) is 9.59 Å². The molecule has 1 N–H and O–H groups in total. The summed E-state index contributed by atoms with van der Waals surface area (Å²) >= 11 is 0. The molecule has 0 atom stereocenters. The first-order valence-corrected chi connectivity index (χ1v) is 7.93. The van der Waals surface area contributed by atoms with E-state index in [1.165, 1.54) is 5.56 Å². The fourth-order valence-electron chi connectivity index (χ4n) is 2.81. The van der Waals surface area contributed by atoms with Gasteiger partial charge in [0.2, 0.25) is 11.8 Å². The molecule has 0 radical (unpaired) electrons. The third kappa shape index (κ3) is 2.86. The number of anilines is 1. The second-order valence-electron chi connectivity index (χ2n) is 5.99. The number of carbonyl (C=O) groups excluding carboxylic acids is 2. The largest absolute Gasteiger partial charge is 0.378 e. The number of nitrogens with one attached hydrogen (secondary N) is 1. The van der Waals surface area contributed by atoms with E-state index in [0.717, 1.165) is 12.1 Å². The minimum Gasteiger partial charge on any atom is -0.378 e. The van der Waals surface area contributed by atoms with E-state index in [1.807, 2.05) is 24.3 Å². The van der Waals surface area contributed by atoms with Gasteiger partial charge < -0.3 is 15.0 Å². The Morgan fingerprint density at radius 2 is 1.82 bits per heavy atom. The van der Waals surface area contributed by atoms with Gasteiger partial charge in [0.15, 0.2) is 0 Å². The Morgan fingerprint density at radius 1 is 1.18 bits per heavy atom. The van der Waals surface area contributed by atoms with Crippen molar-refractivity contribution in [3.63, 3.8) is 0 Å². The lowest BCUT2D eigenvalue weighted by molar-refractivity contribution is -0.145. The summed E-state index contributed by atoms with van der Waals surface area (Å²) in [5.74, 6) is -0.216. The van der Waals surface area contributed by atoms with E-state index in [2.05, 4.69) is 12.2 Å². The van der Waals surface area contributed by atoms with Gasteiger partial charge in [0, 0.05) is 18.8 Å². The highest BCUT2D eigenvalue weighted by Gasteiger charge is 2.58. The standard InChI is InChI=1S/C17H22N2O3/c1-2-13-3-5-14(6-4-13)18-15(20)17(7-8-17)16(21)19-9-11-22-12-10-19/h3-6H,2,7-12H2,1H3,(H,18,20). The van der Waals surface area contributed by atoms with Gasteiger partial charge in [0.05, 0.1) is 13.2 Å². The first kappa shape index (κ1) is 15.0. The number of aryl methyl sites for hydroxylation is 1. The molecule has 0 unspecified atom stereocenters. The molecule has 2 fully saturated rings. The average molecular weight is 302 g/mol. The zero-order valence-electron chi connectivity index (χ0n) is 12.9. The van der Waals surface area contributed by atoms with Crippen molar-refractivity contribution in [3.8, 4) is 0 Å². The van der Waals surface area contributed by atoms with Crippen LogP contribution >= 0.6 is 0 Å². The maximum atomic E-state index is 12.6. The number of nitrogens with zero attached hydrogens (tertiary/aromatic N) is 1. The summed E-state index contributed by atoms with van der Waals surface area (Å²) < 4.78 is 5.27. The lowest BCUT2D eigenvalue weighted by Crippen LogP contribution is -2.47.